The number of carbonyl (C=O) groups excluding carboxylic acids is 1. The van der Waals surface area contributed by atoms with Crippen molar-refractivity contribution in [3.63, 3.8) is 0 Å². The Balaban J connectivity index is 1.59. The third kappa shape index (κ3) is 3.04. The van der Waals surface area contributed by atoms with Gasteiger partial charge in [0.15, 0.2) is 17.3 Å². The average Bonchev–Trinajstić information content (AvgIpc) is 3.13. The van der Waals surface area contributed by atoms with Crippen LogP contribution in [0.5, 0.6) is 11.5 Å². The van der Waals surface area contributed by atoms with Gasteiger partial charge in [0, 0.05) is 11.8 Å². The molecule has 0 atom stereocenters. The molecule has 110 valence electrons. The number of methoxy groups -OCH3 is 1. The van der Waals surface area contributed by atoms with Gasteiger partial charge in [-0.25, -0.2) is 4.98 Å². The summed E-state index contributed by atoms with van der Waals surface area (Å²) < 4.78 is 15.1. The molecule has 1 aromatic heterocycles. The van der Waals surface area contributed by atoms with Gasteiger partial charge >= 0.3 is 5.97 Å². The summed E-state index contributed by atoms with van der Waals surface area (Å²) in [5.41, 5.74) is 0.880. The maximum Gasteiger partial charge on any atom is 0.313 e. The normalized spacial score (nSPS) is 12.2. The molecule has 0 aliphatic carbocycles. The maximum absolute atomic E-state index is 11.1. The van der Waals surface area contributed by atoms with E-state index >= 15 is 0 Å². The lowest BCUT2D eigenvalue weighted by molar-refractivity contribution is -0.139. The quantitative estimate of drug-likeness (QED) is 0.788. The van der Waals surface area contributed by atoms with Crippen LogP contribution in [0.25, 0.3) is 0 Å². The summed E-state index contributed by atoms with van der Waals surface area (Å²) in [5, 5.41) is 9.91. The Labute approximate surface area is 120 Å². The first-order valence-electron chi connectivity index (χ1n) is 6.35. The molecule has 1 aromatic carbocycles. The highest BCUT2D eigenvalue weighted by Crippen LogP contribution is 2.34. The van der Waals surface area contributed by atoms with E-state index in [2.05, 4.69) is 25.2 Å². The number of benzene rings is 1. The fourth-order valence-electron chi connectivity index (χ4n) is 1.89. The fraction of sp³-hybridized carbons (Fsp3) is 0.308. The number of fused-ring (bicyclic) bond motifs is 1. The molecule has 0 radical (unpaired) electrons. The van der Waals surface area contributed by atoms with Crippen LogP contribution in [0.4, 0.5) is 5.69 Å². The summed E-state index contributed by atoms with van der Waals surface area (Å²) in [6.45, 7) is 0.700. The molecule has 0 bridgehead atoms. The predicted octanol–water partition coefficient (Wildman–Crippen LogP) is 0.861. The number of anilines is 1. The summed E-state index contributed by atoms with van der Waals surface area (Å²) in [6, 6.07) is 5.58. The number of nitrogens with one attached hydrogen (secondary N) is 2. The Hall–Kier alpha value is -2.77. The molecule has 2 heterocycles. The molecule has 0 saturated heterocycles. The first kappa shape index (κ1) is 13.2. The second-order valence-electron chi connectivity index (χ2n) is 4.37. The zero-order chi connectivity index (χ0) is 14.7. The Bertz CT molecular complexity index is 655. The molecule has 1 aliphatic heterocycles. The van der Waals surface area contributed by atoms with E-state index in [0.717, 1.165) is 11.4 Å². The molecule has 2 aromatic rings. The number of nitrogens with zero attached hydrogens (tertiary/aromatic N) is 2. The summed E-state index contributed by atoms with van der Waals surface area (Å²) in [5.74, 6) is 2.12. The Morgan fingerprint density at radius 3 is 3.14 bits per heavy atom. The molecule has 8 heteroatoms. The van der Waals surface area contributed by atoms with Crippen molar-refractivity contribution in [1.82, 2.24) is 15.2 Å². The van der Waals surface area contributed by atoms with Crippen LogP contribution < -0.4 is 14.8 Å². The van der Waals surface area contributed by atoms with E-state index in [1.54, 1.807) is 0 Å². The highest BCUT2D eigenvalue weighted by atomic mass is 16.7. The van der Waals surface area contributed by atoms with Crippen molar-refractivity contribution >= 4 is 11.7 Å². The minimum absolute atomic E-state index is 0.0526. The lowest BCUT2D eigenvalue weighted by atomic mass is 10.3. The van der Waals surface area contributed by atoms with E-state index in [9.17, 15) is 4.79 Å². The number of aromatic nitrogens is 3. The van der Waals surface area contributed by atoms with E-state index in [0.29, 0.717) is 23.9 Å². The lowest BCUT2D eigenvalue weighted by Gasteiger charge is -2.04. The van der Waals surface area contributed by atoms with Crippen molar-refractivity contribution in [3.8, 4) is 11.5 Å². The van der Waals surface area contributed by atoms with Gasteiger partial charge in [-0.05, 0) is 12.1 Å². The Kier molecular flexibility index (Phi) is 3.59. The second kappa shape index (κ2) is 5.70. The average molecular weight is 290 g/mol. The molecule has 0 amide bonds. The summed E-state index contributed by atoms with van der Waals surface area (Å²) in [6.07, 6.45) is 0.0526. The van der Waals surface area contributed by atoms with Crippen LogP contribution in [0.1, 0.15) is 11.6 Å². The van der Waals surface area contributed by atoms with Gasteiger partial charge in [0.25, 0.3) is 0 Å². The van der Waals surface area contributed by atoms with E-state index in [-0.39, 0.29) is 19.2 Å². The second-order valence-corrected chi connectivity index (χ2v) is 4.37. The molecule has 3 rings (SSSR count). The SMILES string of the molecule is COC(=O)Cc1n[nH]c(CNc2ccc3c(c2)OCO3)n1. The van der Waals surface area contributed by atoms with Crippen molar-refractivity contribution in [2.24, 2.45) is 0 Å². The standard InChI is InChI=1S/C13H14N4O4/c1-19-13(18)5-11-15-12(17-16-11)6-14-8-2-3-9-10(4-8)21-7-20-9/h2-4,14H,5-7H2,1H3,(H,15,16,17). The van der Waals surface area contributed by atoms with Crippen LogP contribution in [0, 0.1) is 0 Å². The molecule has 0 fully saturated rings. The van der Waals surface area contributed by atoms with Crippen molar-refractivity contribution in [2.75, 3.05) is 19.2 Å². The zero-order valence-electron chi connectivity index (χ0n) is 11.4. The summed E-state index contributed by atoms with van der Waals surface area (Å²) in [4.78, 5) is 15.3. The van der Waals surface area contributed by atoms with E-state index in [4.69, 9.17) is 9.47 Å². The predicted molar refractivity (Wildman–Crippen MR) is 72.0 cm³/mol. The van der Waals surface area contributed by atoms with E-state index in [1.807, 2.05) is 18.2 Å². The number of H-pyrrole nitrogens is 1. The molecule has 2 N–H and O–H groups in total. The highest BCUT2D eigenvalue weighted by molar-refractivity contribution is 5.71. The van der Waals surface area contributed by atoms with Gasteiger partial charge in [-0.15, -0.1) is 0 Å². The third-order valence-corrected chi connectivity index (χ3v) is 2.94. The van der Waals surface area contributed by atoms with Gasteiger partial charge < -0.3 is 19.5 Å². The molecule has 0 unspecified atom stereocenters. The largest absolute Gasteiger partial charge is 0.469 e. The topological polar surface area (TPSA) is 98.4 Å². The van der Waals surface area contributed by atoms with Gasteiger partial charge in [-0.2, -0.15) is 5.10 Å². The highest BCUT2D eigenvalue weighted by Gasteiger charge is 2.13. The van der Waals surface area contributed by atoms with Crippen LogP contribution in [-0.2, 0) is 22.5 Å². The number of aromatic amines is 1. The van der Waals surface area contributed by atoms with Gasteiger partial charge in [0.2, 0.25) is 6.79 Å². The van der Waals surface area contributed by atoms with Crippen molar-refractivity contribution in [2.45, 2.75) is 13.0 Å². The van der Waals surface area contributed by atoms with E-state index in [1.165, 1.54) is 7.11 Å². The van der Waals surface area contributed by atoms with E-state index < -0.39 is 0 Å². The van der Waals surface area contributed by atoms with Crippen molar-refractivity contribution < 1.29 is 19.0 Å². The molecular weight excluding hydrogens is 276 g/mol. The monoisotopic (exact) mass is 290 g/mol. The minimum Gasteiger partial charge on any atom is -0.469 e. The summed E-state index contributed by atoms with van der Waals surface area (Å²) in [7, 11) is 1.33. The van der Waals surface area contributed by atoms with Crippen LogP contribution >= 0.6 is 0 Å². The Morgan fingerprint density at radius 1 is 1.43 bits per heavy atom. The first-order valence-corrected chi connectivity index (χ1v) is 6.35. The number of hydrogen-bond donors (Lipinski definition) is 2. The number of hydrogen-bond acceptors (Lipinski definition) is 7. The zero-order valence-corrected chi connectivity index (χ0v) is 11.4. The molecule has 8 nitrogen and oxygen atoms in total. The molecule has 0 saturated carbocycles. The molecule has 0 spiro atoms. The molecule has 21 heavy (non-hydrogen) atoms. The van der Waals surface area contributed by atoms with Crippen molar-refractivity contribution in [3.05, 3.63) is 29.8 Å². The van der Waals surface area contributed by atoms with Crippen molar-refractivity contribution in [1.29, 1.82) is 0 Å². The lowest BCUT2D eigenvalue weighted by Crippen LogP contribution is -2.06. The molecule has 1 aliphatic rings. The van der Waals surface area contributed by atoms with Crippen LogP contribution in [-0.4, -0.2) is 35.1 Å². The van der Waals surface area contributed by atoms with Crippen LogP contribution in [0.15, 0.2) is 18.2 Å². The van der Waals surface area contributed by atoms with Crippen LogP contribution in [0.3, 0.4) is 0 Å². The third-order valence-electron chi connectivity index (χ3n) is 2.94. The van der Waals surface area contributed by atoms with Gasteiger partial charge in [0.1, 0.15) is 12.2 Å². The van der Waals surface area contributed by atoms with Crippen LogP contribution in [0.2, 0.25) is 0 Å². The fourth-order valence-corrected chi connectivity index (χ4v) is 1.89. The number of esters is 1. The van der Waals surface area contributed by atoms with Gasteiger partial charge in [-0.3, -0.25) is 9.89 Å². The number of ether oxygens (including phenoxy) is 3. The Morgan fingerprint density at radius 2 is 2.29 bits per heavy atom. The molecular formula is C13H14N4O4. The smallest absolute Gasteiger partial charge is 0.313 e. The van der Waals surface area contributed by atoms with Gasteiger partial charge in [-0.1, -0.05) is 0 Å². The summed E-state index contributed by atoms with van der Waals surface area (Å²) >= 11 is 0. The number of rotatable bonds is 5. The first-order chi connectivity index (χ1) is 10.2. The number of carbonyl (C=O) groups is 1. The maximum atomic E-state index is 11.1. The minimum atomic E-state index is -0.371. The van der Waals surface area contributed by atoms with Gasteiger partial charge in [0.05, 0.1) is 13.7 Å².